The van der Waals surface area contributed by atoms with E-state index in [4.69, 9.17) is 4.74 Å². The zero-order chi connectivity index (χ0) is 16.9. The average Bonchev–Trinajstić information content (AvgIpc) is 2.55. The molecule has 0 aliphatic carbocycles. The number of carbonyl (C=O) groups is 1. The van der Waals surface area contributed by atoms with Gasteiger partial charge in [-0.05, 0) is 30.5 Å². The maximum Gasteiger partial charge on any atom is 0.322 e. The minimum absolute atomic E-state index is 0.0371. The molecule has 1 atom stereocenters. The quantitative estimate of drug-likeness (QED) is 0.716. The van der Waals surface area contributed by atoms with E-state index in [0.717, 1.165) is 0 Å². The van der Waals surface area contributed by atoms with Crippen molar-refractivity contribution in [3.63, 3.8) is 0 Å². The van der Waals surface area contributed by atoms with E-state index in [0.29, 0.717) is 24.3 Å². The van der Waals surface area contributed by atoms with Crippen LogP contribution in [0.5, 0.6) is 5.75 Å². The molecular formula is C15H20N2O5S. The Kier molecular flexibility index (Phi) is 5.75. The van der Waals surface area contributed by atoms with Crippen molar-refractivity contribution in [3.05, 3.63) is 42.0 Å². The van der Waals surface area contributed by atoms with Gasteiger partial charge >= 0.3 is 5.97 Å². The Morgan fingerprint density at radius 3 is 2.83 bits per heavy atom. The average molecular weight is 340 g/mol. The summed E-state index contributed by atoms with van der Waals surface area (Å²) >= 11 is 0. The summed E-state index contributed by atoms with van der Waals surface area (Å²) in [5.74, 6) is -0.625. The van der Waals surface area contributed by atoms with Gasteiger partial charge in [0.25, 0.3) is 10.2 Å². The molecule has 0 amide bonds. The Labute approximate surface area is 135 Å². The maximum absolute atomic E-state index is 12.3. The van der Waals surface area contributed by atoms with Crippen LogP contribution >= 0.6 is 0 Å². The fourth-order valence-corrected chi connectivity index (χ4v) is 3.63. The van der Waals surface area contributed by atoms with E-state index in [1.54, 1.807) is 30.3 Å². The first-order chi connectivity index (χ1) is 10.9. The topological polar surface area (TPSA) is 95.9 Å². The van der Waals surface area contributed by atoms with Crippen LogP contribution in [-0.2, 0) is 21.4 Å². The number of ether oxygens (including phenoxy) is 1. The van der Waals surface area contributed by atoms with Crippen molar-refractivity contribution in [2.24, 2.45) is 0 Å². The van der Waals surface area contributed by atoms with Crippen molar-refractivity contribution in [3.8, 4) is 5.75 Å². The lowest BCUT2D eigenvalue weighted by Gasteiger charge is -2.25. The minimum atomic E-state index is -3.84. The number of benzene rings is 1. The molecule has 1 unspecified atom stereocenters. The number of methoxy groups -OCH3 is 1. The van der Waals surface area contributed by atoms with Gasteiger partial charge in [0.15, 0.2) is 0 Å². The molecule has 0 bridgehead atoms. The molecule has 8 heteroatoms. The van der Waals surface area contributed by atoms with Gasteiger partial charge in [-0.25, -0.2) is 0 Å². The van der Waals surface area contributed by atoms with E-state index in [-0.39, 0.29) is 13.0 Å². The van der Waals surface area contributed by atoms with Crippen LogP contribution in [0.25, 0.3) is 0 Å². The summed E-state index contributed by atoms with van der Waals surface area (Å²) in [6.07, 6.45) is 4.31. The SMILES string of the molecule is COc1cccc(CC(NS(=O)(=O)N2CC=CCC2)C(=O)O)c1. The second-order valence-corrected chi connectivity index (χ2v) is 6.89. The Morgan fingerprint density at radius 2 is 2.22 bits per heavy atom. The Hall–Kier alpha value is -1.90. The summed E-state index contributed by atoms with van der Waals surface area (Å²) in [5.41, 5.74) is 0.679. The Morgan fingerprint density at radius 1 is 1.43 bits per heavy atom. The van der Waals surface area contributed by atoms with Crippen LogP contribution in [0.4, 0.5) is 0 Å². The molecule has 7 nitrogen and oxygen atoms in total. The molecule has 0 fully saturated rings. The molecule has 23 heavy (non-hydrogen) atoms. The van der Waals surface area contributed by atoms with Gasteiger partial charge in [0.2, 0.25) is 0 Å². The fraction of sp³-hybridized carbons (Fsp3) is 0.400. The third-order valence-electron chi connectivity index (χ3n) is 3.52. The summed E-state index contributed by atoms with van der Waals surface area (Å²) < 4.78 is 33.2. The molecule has 1 heterocycles. The van der Waals surface area contributed by atoms with Crippen LogP contribution in [0.2, 0.25) is 0 Å². The molecule has 126 valence electrons. The molecule has 1 aromatic carbocycles. The van der Waals surface area contributed by atoms with Gasteiger partial charge in [-0.15, -0.1) is 0 Å². The van der Waals surface area contributed by atoms with Crippen molar-refractivity contribution < 1.29 is 23.1 Å². The monoisotopic (exact) mass is 340 g/mol. The fourth-order valence-electron chi connectivity index (χ4n) is 2.31. The number of carboxylic acids is 1. The molecule has 0 spiro atoms. The number of nitrogens with zero attached hydrogens (tertiary/aromatic N) is 1. The largest absolute Gasteiger partial charge is 0.497 e. The van der Waals surface area contributed by atoms with Crippen molar-refractivity contribution >= 4 is 16.2 Å². The second kappa shape index (κ2) is 7.58. The van der Waals surface area contributed by atoms with Crippen LogP contribution in [0.1, 0.15) is 12.0 Å². The lowest BCUT2D eigenvalue weighted by Crippen LogP contribution is -2.50. The highest BCUT2D eigenvalue weighted by Crippen LogP contribution is 2.15. The van der Waals surface area contributed by atoms with Crippen LogP contribution in [-0.4, -0.2) is 50.0 Å². The molecule has 2 N–H and O–H groups in total. The smallest absolute Gasteiger partial charge is 0.322 e. The zero-order valence-corrected chi connectivity index (χ0v) is 13.6. The van der Waals surface area contributed by atoms with Gasteiger partial charge in [0.1, 0.15) is 11.8 Å². The number of carboxylic acid groups (broad SMARTS) is 1. The highest BCUT2D eigenvalue weighted by molar-refractivity contribution is 7.87. The van der Waals surface area contributed by atoms with Gasteiger partial charge < -0.3 is 9.84 Å². The van der Waals surface area contributed by atoms with Crippen molar-refractivity contribution in [2.45, 2.75) is 18.9 Å². The highest BCUT2D eigenvalue weighted by Gasteiger charge is 2.29. The van der Waals surface area contributed by atoms with Gasteiger partial charge in [-0.3, -0.25) is 4.79 Å². The van der Waals surface area contributed by atoms with E-state index < -0.39 is 22.2 Å². The predicted molar refractivity (Wildman–Crippen MR) is 85.5 cm³/mol. The van der Waals surface area contributed by atoms with E-state index in [1.165, 1.54) is 11.4 Å². The van der Waals surface area contributed by atoms with Crippen molar-refractivity contribution in [2.75, 3.05) is 20.2 Å². The maximum atomic E-state index is 12.3. The molecule has 0 saturated carbocycles. The van der Waals surface area contributed by atoms with Gasteiger partial charge in [-0.2, -0.15) is 17.4 Å². The zero-order valence-electron chi connectivity index (χ0n) is 12.8. The normalized spacial score (nSPS) is 16.9. The molecular weight excluding hydrogens is 320 g/mol. The first kappa shape index (κ1) is 17.5. The first-order valence-corrected chi connectivity index (χ1v) is 8.64. The van der Waals surface area contributed by atoms with Crippen molar-refractivity contribution in [1.29, 1.82) is 0 Å². The van der Waals surface area contributed by atoms with Gasteiger partial charge in [0, 0.05) is 13.1 Å². The lowest BCUT2D eigenvalue weighted by molar-refractivity contribution is -0.138. The first-order valence-electron chi connectivity index (χ1n) is 7.20. The van der Waals surface area contributed by atoms with E-state index in [1.807, 2.05) is 6.08 Å². The molecule has 1 aromatic rings. The number of nitrogens with one attached hydrogen (secondary N) is 1. The summed E-state index contributed by atoms with van der Waals surface area (Å²) in [4.78, 5) is 11.4. The molecule has 0 saturated heterocycles. The molecule has 2 rings (SSSR count). The number of aliphatic carboxylic acids is 1. The molecule has 0 aromatic heterocycles. The number of hydrogen-bond donors (Lipinski definition) is 2. The number of hydrogen-bond acceptors (Lipinski definition) is 4. The lowest BCUT2D eigenvalue weighted by atomic mass is 10.1. The van der Waals surface area contributed by atoms with Gasteiger partial charge in [-0.1, -0.05) is 24.3 Å². The Balaban J connectivity index is 2.12. The van der Waals surface area contributed by atoms with E-state index in [2.05, 4.69) is 4.72 Å². The predicted octanol–water partition coefficient (Wildman–Crippen LogP) is 0.787. The van der Waals surface area contributed by atoms with Crippen LogP contribution < -0.4 is 9.46 Å². The van der Waals surface area contributed by atoms with Crippen LogP contribution in [0.3, 0.4) is 0 Å². The number of rotatable bonds is 7. The second-order valence-electron chi connectivity index (χ2n) is 5.19. The third kappa shape index (κ3) is 4.78. The van der Waals surface area contributed by atoms with E-state index >= 15 is 0 Å². The molecule has 1 aliphatic heterocycles. The molecule has 0 radical (unpaired) electrons. The van der Waals surface area contributed by atoms with Crippen LogP contribution in [0, 0.1) is 0 Å². The molecule has 1 aliphatic rings. The minimum Gasteiger partial charge on any atom is -0.497 e. The summed E-state index contributed by atoms with van der Waals surface area (Å²) in [5, 5.41) is 9.33. The van der Waals surface area contributed by atoms with Gasteiger partial charge in [0.05, 0.1) is 7.11 Å². The van der Waals surface area contributed by atoms with Crippen molar-refractivity contribution in [1.82, 2.24) is 9.03 Å². The standard InChI is InChI=1S/C15H20N2O5S/c1-22-13-7-5-6-12(10-13)11-14(15(18)19)16-23(20,21)17-8-3-2-4-9-17/h2-3,5-7,10,14,16H,4,8-9,11H2,1H3,(H,18,19). The summed E-state index contributed by atoms with van der Waals surface area (Å²) in [6.45, 7) is 0.595. The summed E-state index contributed by atoms with van der Waals surface area (Å²) in [7, 11) is -2.33. The highest BCUT2D eigenvalue weighted by atomic mass is 32.2. The third-order valence-corrected chi connectivity index (χ3v) is 5.12. The summed E-state index contributed by atoms with van der Waals surface area (Å²) in [6, 6.07) is 5.66. The Bertz CT molecular complexity index is 687. The van der Waals surface area contributed by atoms with E-state index in [9.17, 15) is 18.3 Å². The van der Waals surface area contributed by atoms with Crippen LogP contribution in [0.15, 0.2) is 36.4 Å².